The molecule has 0 saturated carbocycles. The molecule has 28 heavy (non-hydrogen) atoms. The number of halogens is 1. The quantitative estimate of drug-likeness (QED) is 0.532. The first-order chi connectivity index (χ1) is 13.6. The van der Waals surface area contributed by atoms with Gasteiger partial charge in [0.1, 0.15) is 11.6 Å². The topological polar surface area (TPSA) is 46.9 Å². The predicted molar refractivity (Wildman–Crippen MR) is 109 cm³/mol. The Morgan fingerprint density at radius 1 is 1.04 bits per heavy atom. The molecule has 4 nitrogen and oxygen atoms in total. The second-order valence-corrected chi connectivity index (χ2v) is 6.70. The summed E-state index contributed by atoms with van der Waals surface area (Å²) in [4.78, 5) is 17.2. The maximum Gasteiger partial charge on any atom is 0.224 e. The van der Waals surface area contributed by atoms with Gasteiger partial charge in [-0.25, -0.2) is 9.37 Å². The van der Waals surface area contributed by atoms with Gasteiger partial charge in [-0.2, -0.15) is 0 Å². The van der Waals surface area contributed by atoms with Gasteiger partial charge in [-0.15, -0.1) is 0 Å². The molecule has 4 aromatic rings. The molecule has 0 spiro atoms. The zero-order valence-corrected chi connectivity index (χ0v) is 15.5. The smallest absolute Gasteiger partial charge is 0.224 e. The third kappa shape index (κ3) is 3.64. The summed E-state index contributed by atoms with van der Waals surface area (Å²) in [6, 6.07) is 22.3. The van der Waals surface area contributed by atoms with Crippen LogP contribution in [0.1, 0.15) is 17.8 Å². The maximum atomic E-state index is 13.4. The first-order valence-corrected chi connectivity index (χ1v) is 9.19. The molecule has 0 fully saturated rings. The summed E-state index contributed by atoms with van der Waals surface area (Å²) in [7, 11) is 0. The standard InChI is InChI=1S/C23H20FN3O/c1-16-11-12-17(24)15-20(16)26-23(28)14-13-22-25-19-9-5-6-10-21(19)27(22)18-7-3-2-4-8-18/h2-12,15H,13-14H2,1H3,(H,26,28). The highest BCUT2D eigenvalue weighted by Crippen LogP contribution is 2.23. The Hall–Kier alpha value is -3.47. The van der Waals surface area contributed by atoms with Gasteiger partial charge in [0, 0.05) is 24.2 Å². The van der Waals surface area contributed by atoms with Crippen molar-refractivity contribution in [2.45, 2.75) is 19.8 Å². The molecule has 140 valence electrons. The summed E-state index contributed by atoms with van der Waals surface area (Å²) in [6.07, 6.45) is 0.732. The molecule has 0 aliphatic rings. The maximum absolute atomic E-state index is 13.4. The van der Waals surface area contributed by atoms with Gasteiger partial charge in [0.15, 0.2) is 0 Å². The van der Waals surface area contributed by atoms with Gasteiger partial charge in [0.05, 0.1) is 11.0 Å². The number of nitrogens with zero attached hydrogens (tertiary/aromatic N) is 2. The van der Waals surface area contributed by atoms with Gasteiger partial charge in [0.25, 0.3) is 0 Å². The molecule has 0 radical (unpaired) electrons. The Bertz CT molecular complexity index is 1140. The first-order valence-electron chi connectivity index (χ1n) is 9.19. The number of benzene rings is 3. The van der Waals surface area contributed by atoms with E-state index in [-0.39, 0.29) is 18.1 Å². The Morgan fingerprint density at radius 2 is 1.79 bits per heavy atom. The molecule has 3 aromatic carbocycles. The van der Waals surface area contributed by atoms with Crippen molar-refractivity contribution in [2.24, 2.45) is 0 Å². The van der Waals surface area contributed by atoms with Crippen molar-refractivity contribution < 1.29 is 9.18 Å². The minimum absolute atomic E-state index is 0.166. The van der Waals surface area contributed by atoms with Crippen molar-refractivity contribution in [1.82, 2.24) is 9.55 Å². The van der Waals surface area contributed by atoms with Gasteiger partial charge in [-0.05, 0) is 48.9 Å². The van der Waals surface area contributed by atoms with Crippen LogP contribution < -0.4 is 5.32 Å². The van der Waals surface area contributed by atoms with E-state index in [1.54, 1.807) is 6.07 Å². The molecule has 4 rings (SSSR count). The molecule has 0 bridgehead atoms. The number of carbonyl (C=O) groups excluding carboxylic acids is 1. The van der Waals surface area contributed by atoms with E-state index in [1.165, 1.54) is 12.1 Å². The van der Waals surface area contributed by atoms with Crippen molar-refractivity contribution in [3.63, 3.8) is 0 Å². The first kappa shape index (κ1) is 17.9. The molecule has 0 unspecified atom stereocenters. The Balaban J connectivity index is 1.58. The summed E-state index contributed by atoms with van der Waals surface area (Å²) in [5.41, 5.74) is 4.23. The molecule has 1 N–H and O–H groups in total. The van der Waals surface area contributed by atoms with E-state index in [0.29, 0.717) is 12.1 Å². The Labute approximate surface area is 162 Å². The number of hydrogen-bond donors (Lipinski definition) is 1. The summed E-state index contributed by atoms with van der Waals surface area (Å²) in [5, 5.41) is 2.80. The molecule has 0 aliphatic heterocycles. The van der Waals surface area contributed by atoms with Crippen LogP contribution in [-0.4, -0.2) is 15.5 Å². The molecule has 5 heteroatoms. The van der Waals surface area contributed by atoms with Crippen LogP contribution in [0.25, 0.3) is 16.7 Å². The third-order valence-corrected chi connectivity index (χ3v) is 4.69. The van der Waals surface area contributed by atoms with Crippen molar-refractivity contribution in [3.05, 3.63) is 90.0 Å². The fraction of sp³-hybridized carbons (Fsp3) is 0.130. The fourth-order valence-electron chi connectivity index (χ4n) is 3.28. The molecule has 0 aliphatic carbocycles. The van der Waals surface area contributed by atoms with Crippen LogP contribution in [0.15, 0.2) is 72.8 Å². The van der Waals surface area contributed by atoms with Crippen LogP contribution in [0.3, 0.4) is 0 Å². The number of anilines is 1. The summed E-state index contributed by atoms with van der Waals surface area (Å²) in [6.45, 7) is 1.84. The van der Waals surface area contributed by atoms with E-state index in [4.69, 9.17) is 4.98 Å². The number of hydrogen-bond acceptors (Lipinski definition) is 2. The minimum atomic E-state index is -0.369. The van der Waals surface area contributed by atoms with Crippen LogP contribution in [0.2, 0.25) is 0 Å². The lowest BCUT2D eigenvalue weighted by Gasteiger charge is -2.10. The molecule has 0 atom stereocenters. The second kappa shape index (κ2) is 7.64. The van der Waals surface area contributed by atoms with Crippen LogP contribution in [-0.2, 0) is 11.2 Å². The van der Waals surface area contributed by atoms with Crippen molar-refractivity contribution in [2.75, 3.05) is 5.32 Å². The van der Waals surface area contributed by atoms with E-state index >= 15 is 0 Å². The SMILES string of the molecule is Cc1ccc(F)cc1NC(=O)CCc1nc2ccccc2n1-c1ccccc1. The van der Waals surface area contributed by atoms with Gasteiger partial charge in [-0.1, -0.05) is 36.4 Å². The lowest BCUT2D eigenvalue weighted by Crippen LogP contribution is -2.14. The van der Waals surface area contributed by atoms with E-state index < -0.39 is 0 Å². The van der Waals surface area contributed by atoms with Gasteiger partial charge in [0.2, 0.25) is 5.91 Å². The van der Waals surface area contributed by atoms with Crippen molar-refractivity contribution in [1.29, 1.82) is 0 Å². The Kier molecular flexibility index (Phi) is 4.89. The van der Waals surface area contributed by atoms with Crippen LogP contribution in [0.5, 0.6) is 0 Å². The van der Waals surface area contributed by atoms with Crippen LogP contribution >= 0.6 is 0 Å². The molecular weight excluding hydrogens is 353 g/mol. The molecule has 1 aromatic heterocycles. The van der Waals surface area contributed by atoms with Crippen LogP contribution in [0, 0.1) is 12.7 Å². The highest BCUT2D eigenvalue weighted by molar-refractivity contribution is 5.91. The van der Waals surface area contributed by atoms with Crippen molar-refractivity contribution >= 4 is 22.6 Å². The fourth-order valence-corrected chi connectivity index (χ4v) is 3.28. The zero-order valence-electron chi connectivity index (χ0n) is 15.5. The number of para-hydroxylation sites is 3. The lowest BCUT2D eigenvalue weighted by atomic mass is 10.2. The zero-order chi connectivity index (χ0) is 19.5. The molecule has 1 amide bonds. The lowest BCUT2D eigenvalue weighted by molar-refractivity contribution is -0.116. The summed E-state index contributed by atoms with van der Waals surface area (Å²) in [5.74, 6) is 0.283. The van der Waals surface area contributed by atoms with E-state index in [0.717, 1.165) is 28.1 Å². The summed E-state index contributed by atoms with van der Waals surface area (Å²) < 4.78 is 15.5. The third-order valence-electron chi connectivity index (χ3n) is 4.69. The van der Waals surface area contributed by atoms with E-state index in [2.05, 4.69) is 9.88 Å². The molecule has 1 heterocycles. The molecule has 0 saturated heterocycles. The normalized spacial score (nSPS) is 10.9. The highest BCUT2D eigenvalue weighted by atomic mass is 19.1. The molecular formula is C23H20FN3O. The highest BCUT2D eigenvalue weighted by Gasteiger charge is 2.14. The average molecular weight is 373 g/mol. The van der Waals surface area contributed by atoms with Gasteiger partial charge < -0.3 is 5.32 Å². The minimum Gasteiger partial charge on any atom is -0.326 e. The average Bonchev–Trinajstić information content (AvgIpc) is 3.08. The van der Waals surface area contributed by atoms with E-state index in [9.17, 15) is 9.18 Å². The van der Waals surface area contributed by atoms with Crippen molar-refractivity contribution in [3.8, 4) is 5.69 Å². The predicted octanol–water partition coefficient (Wildman–Crippen LogP) is 5.04. The largest absolute Gasteiger partial charge is 0.326 e. The number of imidazole rings is 1. The second-order valence-electron chi connectivity index (χ2n) is 6.70. The number of aromatic nitrogens is 2. The monoisotopic (exact) mass is 373 g/mol. The van der Waals surface area contributed by atoms with E-state index in [1.807, 2.05) is 61.5 Å². The number of nitrogens with one attached hydrogen (secondary N) is 1. The summed E-state index contributed by atoms with van der Waals surface area (Å²) >= 11 is 0. The Morgan fingerprint density at radius 3 is 2.61 bits per heavy atom. The number of rotatable bonds is 5. The number of fused-ring (bicyclic) bond motifs is 1. The number of carbonyl (C=O) groups is 1. The number of amides is 1. The number of aryl methyl sites for hydroxylation is 2. The van der Waals surface area contributed by atoms with Crippen LogP contribution in [0.4, 0.5) is 10.1 Å². The van der Waals surface area contributed by atoms with Gasteiger partial charge >= 0.3 is 0 Å². The van der Waals surface area contributed by atoms with Gasteiger partial charge in [-0.3, -0.25) is 9.36 Å².